The number of hydrogen-bond acceptors (Lipinski definition) is 2. The molecule has 3 rings (SSSR count). The van der Waals surface area contributed by atoms with Crippen molar-refractivity contribution in [2.24, 2.45) is 0 Å². The summed E-state index contributed by atoms with van der Waals surface area (Å²) in [5.41, 5.74) is 2.37. The molecule has 0 bridgehead atoms. The Hall–Kier alpha value is -1.12. The molecule has 0 atom stereocenters. The van der Waals surface area contributed by atoms with Crippen molar-refractivity contribution in [2.45, 2.75) is 38.1 Å². The first-order valence-electron chi connectivity index (χ1n) is 7.10. The summed E-state index contributed by atoms with van der Waals surface area (Å²) >= 11 is 6.20. The smallest absolute Gasteiger partial charge is 0.0748 e. The highest BCUT2D eigenvalue weighted by Gasteiger charge is 2.19. The number of unbranched alkanes of at least 4 members (excludes halogenated alkanes) is 1. The maximum Gasteiger partial charge on any atom is 0.0748 e. The third kappa shape index (κ3) is 3.26. The molecular weight excluding hydrogens is 256 g/mol. The van der Waals surface area contributed by atoms with Gasteiger partial charge in [-0.05, 0) is 62.4 Å². The van der Waals surface area contributed by atoms with Crippen LogP contribution in [0, 0.1) is 0 Å². The van der Waals surface area contributed by atoms with Gasteiger partial charge in [0.05, 0.1) is 5.52 Å². The summed E-state index contributed by atoms with van der Waals surface area (Å²) in [6.45, 7) is 1.14. The van der Waals surface area contributed by atoms with Crippen molar-refractivity contribution < 1.29 is 0 Å². The van der Waals surface area contributed by atoms with Crippen molar-refractivity contribution in [1.82, 2.24) is 10.3 Å². The highest BCUT2D eigenvalue weighted by atomic mass is 35.5. The van der Waals surface area contributed by atoms with Crippen LogP contribution in [0.25, 0.3) is 10.9 Å². The van der Waals surface area contributed by atoms with E-state index in [2.05, 4.69) is 16.4 Å². The number of halogens is 1. The Morgan fingerprint density at radius 3 is 2.95 bits per heavy atom. The molecule has 19 heavy (non-hydrogen) atoms. The van der Waals surface area contributed by atoms with Crippen molar-refractivity contribution in [3.63, 3.8) is 0 Å². The monoisotopic (exact) mass is 274 g/mol. The van der Waals surface area contributed by atoms with Gasteiger partial charge in [0.15, 0.2) is 0 Å². The fourth-order valence-electron chi connectivity index (χ4n) is 2.43. The van der Waals surface area contributed by atoms with E-state index in [0.29, 0.717) is 0 Å². The normalized spacial score (nSPS) is 15.0. The molecule has 1 N–H and O–H groups in total. The van der Waals surface area contributed by atoms with Gasteiger partial charge in [-0.3, -0.25) is 4.98 Å². The molecule has 2 nitrogen and oxygen atoms in total. The Morgan fingerprint density at radius 1 is 1.21 bits per heavy atom. The molecule has 2 aromatic rings. The SMILES string of the molecule is Clc1ccc(CCCCNC2CC2)c2ncccc12. The number of hydrogen-bond donors (Lipinski definition) is 1. The summed E-state index contributed by atoms with van der Waals surface area (Å²) in [4.78, 5) is 4.48. The minimum absolute atomic E-state index is 0.794. The van der Waals surface area contributed by atoms with E-state index in [1.54, 1.807) is 0 Å². The van der Waals surface area contributed by atoms with Crippen LogP contribution in [0.3, 0.4) is 0 Å². The van der Waals surface area contributed by atoms with Gasteiger partial charge in [0.25, 0.3) is 0 Å². The molecular formula is C16H19ClN2. The largest absolute Gasteiger partial charge is 0.314 e. The maximum atomic E-state index is 6.20. The van der Waals surface area contributed by atoms with Gasteiger partial charge < -0.3 is 5.32 Å². The van der Waals surface area contributed by atoms with E-state index in [9.17, 15) is 0 Å². The molecule has 0 saturated heterocycles. The van der Waals surface area contributed by atoms with E-state index < -0.39 is 0 Å². The number of nitrogens with one attached hydrogen (secondary N) is 1. The van der Waals surface area contributed by atoms with Crippen LogP contribution in [-0.4, -0.2) is 17.6 Å². The third-order valence-corrected chi connectivity index (χ3v) is 4.01. The minimum Gasteiger partial charge on any atom is -0.314 e. The van der Waals surface area contributed by atoms with Crippen LogP contribution in [0.15, 0.2) is 30.5 Å². The number of nitrogens with zero attached hydrogens (tertiary/aromatic N) is 1. The van der Waals surface area contributed by atoms with Gasteiger partial charge in [-0.1, -0.05) is 17.7 Å². The van der Waals surface area contributed by atoms with Crippen LogP contribution in [-0.2, 0) is 6.42 Å². The standard InChI is InChI=1S/C16H19ClN2/c17-15-9-6-12(16-14(15)5-3-11-19-16)4-1-2-10-18-13-7-8-13/h3,5-6,9,11,13,18H,1-2,4,7-8,10H2. The molecule has 0 aliphatic heterocycles. The molecule has 0 unspecified atom stereocenters. The van der Waals surface area contributed by atoms with Gasteiger partial charge in [-0.25, -0.2) is 0 Å². The van der Waals surface area contributed by atoms with Gasteiger partial charge in [0, 0.05) is 22.6 Å². The first kappa shape index (κ1) is 12.9. The zero-order valence-electron chi connectivity index (χ0n) is 11.0. The number of pyridine rings is 1. The highest BCUT2D eigenvalue weighted by molar-refractivity contribution is 6.35. The van der Waals surface area contributed by atoms with Crippen LogP contribution in [0.1, 0.15) is 31.2 Å². The molecule has 1 aliphatic rings. The first-order chi connectivity index (χ1) is 9.34. The Bertz CT molecular complexity index is 564. The lowest BCUT2D eigenvalue weighted by Crippen LogP contribution is -2.17. The summed E-state index contributed by atoms with van der Waals surface area (Å²) in [6.07, 6.45) is 8.09. The van der Waals surface area contributed by atoms with E-state index >= 15 is 0 Å². The summed E-state index contributed by atoms with van der Waals surface area (Å²) in [6, 6.07) is 8.91. The predicted molar refractivity (Wildman–Crippen MR) is 80.7 cm³/mol. The van der Waals surface area contributed by atoms with Gasteiger partial charge >= 0.3 is 0 Å². The molecule has 1 saturated carbocycles. The summed E-state index contributed by atoms with van der Waals surface area (Å²) < 4.78 is 0. The number of aryl methyl sites for hydroxylation is 1. The van der Waals surface area contributed by atoms with Crippen LogP contribution in [0.2, 0.25) is 5.02 Å². The van der Waals surface area contributed by atoms with E-state index in [-0.39, 0.29) is 0 Å². The van der Waals surface area contributed by atoms with Crippen molar-refractivity contribution >= 4 is 22.5 Å². The number of rotatable bonds is 6. The Morgan fingerprint density at radius 2 is 2.11 bits per heavy atom. The van der Waals surface area contributed by atoms with Crippen LogP contribution in [0.5, 0.6) is 0 Å². The van der Waals surface area contributed by atoms with Crippen molar-refractivity contribution in [1.29, 1.82) is 0 Å². The van der Waals surface area contributed by atoms with Crippen LogP contribution in [0.4, 0.5) is 0 Å². The number of benzene rings is 1. The lowest BCUT2D eigenvalue weighted by molar-refractivity contribution is 0.620. The van der Waals surface area contributed by atoms with Crippen LogP contribution >= 0.6 is 11.6 Å². The van der Waals surface area contributed by atoms with Crippen LogP contribution < -0.4 is 5.32 Å². The molecule has 0 amide bonds. The molecule has 1 fully saturated rings. The van der Waals surface area contributed by atoms with Crippen molar-refractivity contribution in [2.75, 3.05) is 6.54 Å². The van der Waals surface area contributed by atoms with Gasteiger partial charge in [0.2, 0.25) is 0 Å². The Kier molecular flexibility index (Phi) is 4.00. The summed E-state index contributed by atoms with van der Waals surface area (Å²) in [5, 5.41) is 5.41. The molecule has 1 aromatic carbocycles. The topological polar surface area (TPSA) is 24.9 Å². The average molecular weight is 275 g/mol. The summed E-state index contributed by atoms with van der Waals surface area (Å²) in [7, 11) is 0. The maximum absolute atomic E-state index is 6.20. The molecule has 0 spiro atoms. The van der Waals surface area contributed by atoms with E-state index in [1.807, 2.05) is 24.4 Å². The van der Waals surface area contributed by atoms with Gasteiger partial charge in [-0.15, -0.1) is 0 Å². The average Bonchev–Trinajstić information content (AvgIpc) is 3.25. The van der Waals surface area contributed by atoms with Crippen molar-refractivity contribution in [3.8, 4) is 0 Å². The second-order valence-corrected chi connectivity index (χ2v) is 5.70. The van der Waals surface area contributed by atoms with E-state index in [4.69, 9.17) is 11.6 Å². The summed E-state index contributed by atoms with van der Waals surface area (Å²) in [5.74, 6) is 0. The first-order valence-corrected chi connectivity index (χ1v) is 7.48. The third-order valence-electron chi connectivity index (χ3n) is 3.68. The fraction of sp³-hybridized carbons (Fsp3) is 0.438. The fourth-order valence-corrected chi connectivity index (χ4v) is 2.65. The van der Waals surface area contributed by atoms with E-state index in [1.165, 1.54) is 31.2 Å². The molecule has 1 aliphatic carbocycles. The van der Waals surface area contributed by atoms with E-state index in [0.717, 1.165) is 34.9 Å². The minimum atomic E-state index is 0.794. The van der Waals surface area contributed by atoms with Gasteiger partial charge in [0.1, 0.15) is 0 Å². The van der Waals surface area contributed by atoms with Crippen molar-refractivity contribution in [3.05, 3.63) is 41.0 Å². The predicted octanol–water partition coefficient (Wildman–Crippen LogP) is 3.96. The molecule has 1 heterocycles. The lowest BCUT2D eigenvalue weighted by Gasteiger charge is -2.07. The zero-order valence-corrected chi connectivity index (χ0v) is 11.8. The van der Waals surface area contributed by atoms with Gasteiger partial charge in [-0.2, -0.15) is 0 Å². The second kappa shape index (κ2) is 5.89. The molecule has 1 aromatic heterocycles. The quantitative estimate of drug-likeness (QED) is 0.807. The zero-order chi connectivity index (χ0) is 13.1. The number of aromatic nitrogens is 1. The number of fused-ring (bicyclic) bond motifs is 1. The molecule has 3 heteroatoms. The molecule has 0 radical (unpaired) electrons. The lowest BCUT2D eigenvalue weighted by atomic mass is 10.0. The highest BCUT2D eigenvalue weighted by Crippen LogP contribution is 2.25. The second-order valence-electron chi connectivity index (χ2n) is 5.29. The Labute approximate surface area is 119 Å². The Balaban J connectivity index is 1.61. The molecule has 100 valence electrons.